The van der Waals surface area contributed by atoms with Gasteiger partial charge in [0.1, 0.15) is 5.82 Å². The maximum Gasteiger partial charge on any atom is 0.194 e. The Morgan fingerprint density at radius 2 is 1.64 bits per heavy atom. The van der Waals surface area contributed by atoms with Crippen LogP contribution in [0.2, 0.25) is 0 Å². The largest absolute Gasteiger partial charge is 0.206 e. The molecule has 0 aliphatic heterocycles. The molecule has 0 saturated carbocycles. The normalized spacial score (nSPS) is 10.6. The van der Waals surface area contributed by atoms with Crippen LogP contribution >= 0.6 is 0 Å². The van der Waals surface area contributed by atoms with E-state index in [1.165, 1.54) is 0 Å². The molecule has 0 aliphatic carbocycles. The summed E-state index contributed by atoms with van der Waals surface area (Å²) in [5.74, 6) is -5.51. The number of halogens is 4. The highest BCUT2D eigenvalue weighted by Gasteiger charge is 2.17. The van der Waals surface area contributed by atoms with Gasteiger partial charge in [-0.3, -0.25) is 0 Å². The molecule has 0 fully saturated rings. The second-order valence-electron chi connectivity index (χ2n) is 3.05. The lowest BCUT2D eigenvalue weighted by atomic mass is 10.1. The monoisotopic (exact) mass is 206 g/mol. The Kier molecular flexibility index (Phi) is 3.49. The summed E-state index contributed by atoms with van der Waals surface area (Å²) < 4.78 is 51.1. The van der Waals surface area contributed by atoms with Crippen molar-refractivity contribution < 1.29 is 17.6 Å². The van der Waals surface area contributed by atoms with E-state index >= 15 is 0 Å². The number of unbranched alkanes of at least 4 members (excludes halogenated alkanes) is 1. The molecule has 0 aliphatic rings. The minimum absolute atomic E-state index is 0.0887. The second-order valence-corrected chi connectivity index (χ2v) is 3.05. The maximum absolute atomic E-state index is 13.0. The number of benzene rings is 1. The van der Waals surface area contributed by atoms with E-state index < -0.39 is 23.3 Å². The molecule has 4 heteroatoms. The van der Waals surface area contributed by atoms with Crippen molar-refractivity contribution in [3.8, 4) is 0 Å². The Bertz CT molecular complexity index is 333. The molecule has 0 heterocycles. The van der Waals surface area contributed by atoms with E-state index in [1.807, 2.05) is 6.92 Å². The Hall–Kier alpha value is -1.06. The molecule has 0 amide bonds. The summed E-state index contributed by atoms with van der Waals surface area (Å²) in [5, 5.41) is 0. The van der Waals surface area contributed by atoms with E-state index in [1.54, 1.807) is 0 Å². The van der Waals surface area contributed by atoms with Crippen LogP contribution in [0.3, 0.4) is 0 Å². The van der Waals surface area contributed by atoms with Crippen molar-refractivity contribution in [3.05, 3.63) is 34.9 Å². The molecule has 0 atom stereocenters. The van der Waals surface area contributed by atoms with Crippen LogP contribution in [0.25, 0.3) is 0 Å². The minimum atomic E-state index is -1.60. The van der Waals surface area contributed by atoms with Crippen LogP contribution in [0.4, 0.5) is 17.6 Å². The summed E-state index contributed by atoms with van der Waals surface area (Å²) >= 11 is 0. The molecule has 1 aromatic rings. The van der Waals surface area contributed by atoms with Gasteiger partial charge >= 0.3 is 0 Å². The van der Waals surface area contributed by atoms with Crippen molar-refractivity contribution in [2.24, 2.45) is 0 Å². The van der Waals surface area contributed by atoms with Gasteiger partial charge in [0.15, 0.2) is 17.5 Å². The lowest BCUT2D eigenvalue weighted by Gasteiger charge is -2.05. The van der Waals surface area contributed by atoms with Crippen LogP contribution < -0.4 is 0 Å². The number of hydrogen-bond acceptors (Lipinski definition) is 0. The van der Waals surface area contributed by atoms with Crippen LogP contribution in [0, 0.1) is 23.3 Å². The standard InChI is InChI=1S/C10H10F4/c1-2-3-4-6-7(11)5-8(12)10(14)9(6)13/h5H,2-4H2,1H3. The summed E-state index contributed by atoms with van der Waals surface area (Å²) in [4.78, 5) is 0. The third-order valence-electron chi connectivity index (χ3n) is 1.99. The Morgan fingerprint density at radius 3 is 2.21 bits per heavy atom. The highest BCUT2D eigenvalue weighted by atomic mass is 19.2. The van der Waals surface area contributed by atoms with Crippen molar-refractivity contribution in [1.29, 1.82) is 0 Å². The van der Waals surface area contributed by atoms with Crippen molar-refractivity contribution in [3.63, 3.8) is 0 Å². The zero-order valence-corrected chi connectivity index (χ0v) is 7.71. The first kappa shape index (κ1) is 11.0. The summed E-state index contributed by atoms with van der Waals surface area (Å²) in [5.41, 5.74) is -0.370. The van der Waals surface area contributed by atoms with Gasteiger partial charge in [0.2, 0.25) is 0 Å². The molecule has 0 saturated heterocycles. The van der Waals surface area contributed by atoms with Crippen LogP contribution in [0.5, 0.6) is 0 Å². The summed E-state index contributed by atoms with van der Waals surface area (Å²) in [6.07, 6.45) is 1.36. The maximum atomic E-state index is 13.0. The summed E-state index contributed by atoms with van der Waals surface area (Å²) in [7, 11) is 0. The van der Waals surface area contributed by atoms with Crippen LogP contribution in [-0.2, 0) is 6.42 Å². The van der Waals surface area contributed by atoms with E-state index in [4.69, 9.17) is 0 Å². The summed E-state index contributed by atoms with van der Waals surface area (Å²) in [6.45, 7) is 1.84. The van der Waals surface area contributed by atoms with Gasteiger partial charge in [0.25, 0.3) is 0 Å². The van der Waals surface area contributed by atoms with Crippen molar-refractivity contribution in [2.75, 3.05) is 0 Å². The van der Waals surface area contributed by atoms with Crippen LogP contribution in [-0.4, -0.2) is 0 Å². The zero-order valence-electron chi connectivity index (χ0n) is 7.71. The third kappa shape index (κ3) is 2.05. The summed E-state index contributed by atoms with van der Waals surface area (Å²) in [6, 6.07) is 0.378. The lowest BCUT2D eigenvalue weighted by molar-refractivity contribution is 0.423. The van der Waals surface area contributed by atoms with Crippen molar-refractivity contribution >= 4 is 0 Å². The molecular formula is C10H10F4. The average Bonchev–Trinajstić information content (AvgIpc) is 2.14. The van der Waals surface area contributed by atoms with Gasteiger partial charge in [0, 0.05) is 11.6 Å². The molecule has 0 aromatic heterocycles. The molecular weight excluding hydrogens is 196 g/mol. The van der Waals surface area contributed by atoms with Gasteiger partial charge in [-0.25, -0.2) is 17.6 Å². The van der Waals surface area contributed by atoms with Gasteiger partial charge in [0.05, 0.1) is 0 Å². The van der Waals surface area contributed by atoms with E-state index in [-0.39, 0.29) is 12.0 Å². The Balaban J connectivity index is 3.09. The van der Waals surface area contributed by atoms with Crippen molar-refractivity contribution in [2.45, 2.75) is 26.2 Å². The molecule has 1 aromatic carbocycles. The molecule has 0 spiro atoms. The first-order valence-corrected chi connectivity index (χ1v) is 4.39. The van der Waals surface area contributed by atoms with E-state index in [9.17, 15) is 17.6 Å². The Morgan fingerprint density at radius 1 is 1.00 bits per heavy atom. The van der Waals surface area contributed by atoms with Gasteiger partial charge in [-0.05, 0) is 12.8 Å². The SMILES string of the molecule is CCCCc1c(F)cc(F)c(F)c1F. The van der Waals surface area contributed by atoms with Crippen molar-refractivity contribution in [1.82, 2.24) is 0 Å². The highest BCUT2D eigenvalue weighted by Crippen LogP contribution is 2.20. The number of rotatable bonds is 3. The third-order valence-corrected chi connectivity index (χ3v) is 1.99. The van der Waals surface area contributed by atoms with Crippen LogP contribution in [0.1, 0.15) is 25.3 Å². The zero-order chi connectivity index (χ0) is 10.7. The highest BCUT2D eigenvalue weighted by molar-refractivity contribution is 5.22. The predicted octanol–water partition coefficient (Wildman–Crippen LogP) is 3.59. The fourth-order valence-corrected chi connectivity index (χ4v) is 1.19. The predicted molar refractivity (Wildman–Crippen MR) is 44.9 cm³/mol. The molecule has 0 bridgehead atoms. The average molecular weight is 206 g/mol. The molecule has 0 nitrogen and oxygen atoms in total. The first-order valence-electron chi connectivity index (χ1n) is 4.39. The quantitative estimate of drug-likeness (QED) is 0.403. The van der Waals surface area contributed by atoms with E-state index in [2.05, 4.69) is 0 Å². The smallest absolute Gasteiger partial charge is 0.194 e. The Labute approximate surface area is 79.6 Å². The molecule has 0 unspecified atom stereocenters. The number of hydrogen-bond donors (Lipinski definition) is 0. The topological polar surface area (TPSA) is 0 Å². The fraction of sp³-hybridized carbons (Fsp3) is 0.400. The van der Waals surface area contributed by atoms with E-state index in [0.717, 1.165) is 6.42 Å². The molecule has 1 rings (SSSR count). The molecule has 0 N–H and O–H groups in total. The lowest BCUT2D eigenvalue weighted by Crippen LogP contribution is -2.02. The van der Waals surface area contributed by atoms with Gasteiger partial charge < -0.3 is 0 Å². The molecule has 78 valence electrons. The molecule has 0 radical (unpaired) electrons. The fourth-order valence-electron chi connectivity index (χ4n) is 1.19. The first-order chi connectivity index (χ1) is 6.57. The second kappa shape index (κ2) is 4.44. The minimum Gasteiger partial charge on any atom is -0.206 e. The van der Waals surface area contributed by atoms with Gasteiger partial charge in [-0.2, -0.15) is 0 Å². The van der Waals surface area contributed by atoms with E-state index in [0.29, 0.717) is 12.5 Å². The molecule has 14 heavy (non-hydrogen) atoms. The van der Waals surface area contributed by atoms with Crippen LogP contribution in [0.15, 0.2) is 6.07 Å². The van der Waals surface area contributed by atoms with Gasteiger partial charge in [-0.15, -0.1) is 0 Å². The van der Waals surface area contributed by atoms with Gasteiger partial charge in [-0.1, -0.05) is 13.3 Å².